The highest BCUT2D eigenvalue weighted by Gasteiger charge is 2.10. The molecule has 2 nitrogen and oxygen atoms in total. The standard InChI is InChI=1S/C8H2BrClN2S/c9-5-3-13-8-6(10)4(1-11)2-12-7(5)8/h2-3H. The Hall–Kier alpha value is -0.630. The number of hydrogen-bond acceptors (Lipinski definition) is 3. The zero-order valence-electron chi connectivity index (χ0n) is 6.21. The number of hydrogen-bond donors (Lipinski definition) is 0. The minimum Gasteiger partial charge on any atom is -0.253 e. The lowest BCUT2D eigenvalue weighted by Crippen LogP contribution is -1.80. The number of nitrogens with zero attached hydrogens (tertiary/aromatic N) is 2. The van der Waals surface area contributed by atoms with Gasteiger partial charge in [0.15, 0.2) is 0 Å². The van der Waals surface area contributed by atoms with Gasteiger partial charge in [-0.25, -0.2) is 0 Å². The maximum Gasteiger partial charge on any atom is 0.102 e. The second-order valence-corrected chi connectivity index (χ2v) is 4.47. The minimum absolute atomic E-state index is 0.420. The van der Waals surface area contributed by atoms with Crippen LogP contribution in [0.15, 0.2) is 16.0 Å². The Morgan fingerprint density at radius 3 is 3.08 bits per heavy atom. The van der Waals surface area contributed by atoms with Crippen LogP contribution in [0.25, 0.3) is 10.2 Å². The molecule has 0 aliphatic heterocycles. The van der Waals surface area contributed by atoms with Crippen molar-refractivity contribution < 1.29 is 0 Å². The van der Waals surface area contributed by atoms with E-state index in [2.05, 4.69) is 20.9 Å². The highest BCUT2D eigenvalue weighted by atomic mass is 79.9. The molecule has 0 atom stereocenters. The van der Waals surface area contributed by atoms with Gasteiger partial charge in [-0.05, 0) is 15.9 Å². The first-order valence-electron chi connectivity index (χ1n) is 3.35. The first kappa shape index (κ1) is 8.95. The molecule has 5 heteroatoms. The summed E-state index contributed by atoms with van der Waals surface area (Å²) in [5, 5.41) is 11.1. The lowest BCUT2D eigenvalue weighted by molar-refractivity contribution is 1.38. The van der Waals surface area contributed by atoms with Crippen molar-refractivity contribution in [3.63, 3.8) is 0 Å². The molecule has 2 aromatic rings. The van der Waals surface area contributed by atoms with Gasteiger partial charge in [0.1, 0.15) is 6.07 Å². The molecule has 0 saturated carbocycles. The smallest absolute Gasteiger partial charge is 0.102 e. The van der Waals surface area contributed by atoms with Gasteiger partial charge >= 0.3 is 0 Å². The summed E-state index contributed by atoms with van der Waals surface area (Å²) in [4.78, 5) is 4.13. The fraction of sp³-hybridized carbons (Fsp3) is 0. The van der Waals surface area contributed by atoms with Crippen molar-refractivity contribution >= 4 is 49.1 Å². The monoisotopic (exact) mass is 272 g/mol. The molecular formula is C8H2BrClN2S. The summed E-state index contributed by atoms with van der Waals surface area (Å²) in [6.45, 7) is 0. The molecule has 0 unspecified atom stereocenters. The maximum absolute atomic E-state index is 8.70. The van der Waals surface area contributed by atoms with Crippen molar-refractivity contribution in [2.75, 3.05) is 0 Å². The highest BCUT2D eigenvalue weighted by Crippen LogP contribution is 2.34. The summed E-state index contributed by atoms with van der Waals surface area (Å²) in [6, 6.07) is 1.99. The zero-order chi connectivity index (χ0) is 9.42. The van der Waals surface area contributed by atoms with Gasteiger partial charge in [-0.2, -0.15) is 5.26 Å². The predicted octanol–water partition coefficient (Wildman–Crippen LogP) is 3.58. The molecule has 2 rings (SSSR count). The summed E-state index contributed by atoms with van der Waals surface area (Å²) in [6.07, 6.45) is 1.49. The first-order valence-corrected chi connectivity index (χ1v) is 5.40. The summed E-state index contributed by atoms with van der Waals surface area (Å²) in [5.41, 5.74) is 1.23. The second-order valence-electron chi connectivity index (χ2n) is 2.36. The molecular weight excluding hydrogens is 272 g/mol. The molecule has 64 valence electrons. The van der Waals surface area contributed by atoms with E-state index in [1.54, 1.807) is 0 Å². The molecule has 0 radical (unpaired) electrons. The molecule has 0 spiro atoms. The lowest BCUT2D eigenvalue weighted by Gasteiger charge is -1.95. The molecule has 0 aromatic carbocycles. The van der Waals surface area contributed by atoms with Crippen LogP contribution < -0.4 is 0 Å². The number of fused-ring (bicyclic) bond motifs is 1. The van der Waals surface area contributed by atoms with Gasteiger partial charge in [-0.3, -0.25) is 4.98 Å². The molecule has 13 heavy (non-hydrogen) atoms. The molecule has 0 saturated heterocycles. The molecule has 2 aromatic heterocycles. The predicted molar refractivity (Wildman–Crippen MR) is 57.0 cm³/mol. The third-order valence-electron chi connectivity index (χ3n) is 1.60. The van der Waals surface area contributed by atoms with Crippen molar-refractivity contribution in [1.82, 2.24) is 4.98 Å². The number of pyridine rings is 1. The Labute approximate surface area is 91.9 Å². The van der Waals surface area contributed by atoms with E-state index in [9.17, 15) is 0 Å². The average molecular weight is 274 g/mol. The van der Waals surface area contributed by atoms with Gasteiger partial charge in [-0.15, -0.1) is 11.3 Å². The Bertz CT molecular complexity index is 515. The highest BCUT2D eigenvalue weighted by molar-refractivity contribution is 9.10. The fourth-order valence-corrected chi connectivity index (χ4v) is 2.84. The van der Waals surface area contributed by atoms with Gasteiger partial charge in [0.2, 0.25) is 0 Å². The summed E-state index contributed by atoms with van der Waals surface area (Å²) in [7, 11) is 0. The Morgan fingerprint density at radius 2 is 2.38 bits per heavy atom. The fourth-order valence-electron chi connectivity index (χ4n) is 0.993. The topological polar surface area (TPSA) is 36.7 Å². The average Bonchev–Trinajstić information content (AvgIpc) is 2.50. The number of halogens is 2. The number of rotatable bonds is 0. The third kappa shape index (κ3) is 1.33. The molecule has 0 bridgehead atoms. The largest absolute Gasteiger partial charge is 0.253 e. The van der Waals surface area contributed by atoms with E-state index >= 15 is 0 Å². The van der Waals surface area contributed by atoms with E-state index in [1.165, 1.54) is 17.5 Å². The Balaban J connectivity index is 2.90. The third-order valence-corrected chi connectivity index (χ3v) is 4.00. The van der Waals surface area contributed by atoms with E-state index in [1.807, 2.05) is 11.4 Å². The van der Waals surface area contributed by atoms with E-state index in [4.69, 9.17) is 16.9 Å². The number of aromatic nitrogens is 1. The van der Waals surface area contributed by atoms with E-state index < -0.39 is 0 Å². The van der Waals surface area contributed by atoms with Crippen LogP contribution in [0.4, 0.5) is 0 Å². The molecule has 0 fully saturated rings. The van der Waals surface area contributed by atoms with Crippen LogP contribution in [0, 0.1) is 11.3 Å². The number of nitriles is 1. The van der Waals surface area contributed by atoms with Crippen LogP contribution in [0.2, 0.25) is 5.02 Å². The molecule has 0 amide bonds. The quantitative estimate of drug-likeness (QED) is 0.735. The maximum atomic E-state index is 8.70. The Kier molecular flexibility index (Phi) is 2.24. The Morgan fingerprint density at radius 1 is 1.62 bits per heavy atom. The number of thiophene rings is 1. The van der Waals surface area contributed by atoms with E-state index in [0.29, 0.717) is 10.6 Å². The minimum atomic E-state index is 0.420. The van der Waals surface area contributed by atoms with Crippen LogP contribution in [-0.2, 0) is 0 Å². The zero-order valence-corrected chi connectivity index (χ0v) is 9.37. The van der Waals surface area contributed by atoms with Gasteiger partial charge in [-0.1, -0.05) is 11.6 Å². The van der Waals surface area contributed by atoms with Crippen molar-refractivity contribution in [1.29, 1.82) is 5.26 Å². The summed E-state index contributed by atoms with van der Waals surface area (Å²) in [5.74, 6) is 0. The molecule has 0 N–H and O–H groups in total. The van der Waals surface area contributed by atoms with Crippen LogP contribution in [0.3, 0.4) is 0 Å². The van der Waals surface area contributed by atoms with E-state index in [-0.39, 0.29) is 0 Å². The van der Waals surface area contributed by atoms with Crippen LogP contribution in [0.5, 0.6) is 0 Å². The van der Waals surface area contributed by atoms with Gasteiger partial charge in [0.05, 0.1) is 25.3 Å². The summed E-state index contributed by atoms with van der Waals surface area (Å²) >= 11 is 10.8. The molecule has 0 aliphatic carbocycles. The normalized spacial score (nSPS) is 10.2. The van der Waals surface area contributed by atoms with Gasteiger partial charge in [0, 0.05) is 11.6 Å². The van der Waals surface area contributed by atoms with E-state index in [0.717, 1.165) is 14.7 Å². The van der Waals surface area contributed by atoms with Crippen molar-refractivity contribution in [2.24, 2.45) is 0 Å². The van der Waals surface area contributed by atoms with Gasteiger partial charge in [0.25, 0.3) is 0 Å². The van der Waals surface area contributed by atoms with Gasteiger partial charge < -0.3 is 0 Å². The second kappa shape index (κ2) is 3.26. The summed E-state index contributed by atoms with van der Waals surface area (Å²) < 4.78 is 1.77. The van der Waals surface area contributed by atoms with Crippen molar-refractivity contribution in [2.45, 2.75) is 0 Å². The van der Waals surface area contributed by atoms with Crippen molar-refractivity contribution in [3.8, 4) is 6.07 Å². The SMILES string of the molecule is N#Cc1cnc2c(Br)csc2c1Cl. The lowest BCUT2D eigenvalue weighted by atomic mass is 10.3. The van der Waals surface area contributed by atoms with Crippen LogP contribution in [0.1, 0.15) is 5.56 Å². The molecule has 0 aliphatic rings. The molecule has 2 heterocycles. The van der Waals surface area contributed by atoms with Crippen LogP contribution in [-0.4, -0.2) is 4.98 Å². The van der Waals surface area contributed by atoms with Crippen LogP contribution >= 0.6 is 38.9 Å². The first-order chi connectivity index (χ1) is 6.24. The van der Waals surface area contributed by atoms with Crippen molar-refractivity contribution in [3.05, 3.63) is 26.6 Å².